The molecule has 3 heterocycles. The lowest BCUT2D eigenvalue weighted by Gasteiger charge is -2.24. The second-order valence-electron chi connectivity index (χ2n) is 9.72. The van der Waals surface area contributed by atoms with Gasteiger partial charge in [-0.1, -0.05) is 50.1 Å². The van der Waals surface area contributed by atoms with Crippen molar-refractivity contribution in [3.05, 3.63) is 48.3 Å². The van der Waals surface area contributed by atoms with E-state index in [1.807, 2.05) is 0 Å². The fourth-order valence-electron chi connectivity index (χ4n) is 5.20. The SMILES string of the molecule is C=C(c1ccc(CCNc2nc(N)c3ncn([C@@H]4O[C@H](CO)[C@@H](O)[C@H]4O)c3n2)cc1)C1CCCCC1. The third-order valence-electron chi connectivity index (χ3n) is 7.36. The Bertz CT molecular complexity index is 1210. The summed E-state index contributed by atoms with van der Waals surface area (Å²) in [5.74, 6) is 1.13. The number of nitrogens with two attached hydrogens (primary N) is 1. The standard InChI is InChI=1S/C26H34N6O4/c1-15(17-5-3-2-4-6-17)18-9-7-16(8-10-18)11-12-28-26-30-23(27)20-24(31-26)32(14-29-20)25-22(35)21(34)19(13-33)36-25/h7-10,14,17,19,21-22,25,33-35H,1-6,11-13H2,(H3,27,28,30,31)/t19-,21-,22-,25-/m1/s1. The summed E-state index contributed by atoms with van der Waals surface area (Å²) in [4.78, 5) is 13.1. The van der Waals surface area contributed by atoms with Gasteiger partial charge in [-0.25, -0.2) is 4.98 Å². The zero-order valence-electron chi connectivity index (χ0n) is 20.3. The summed E-state index contributed by atoms with van der Waals surface area (Å²) in [5.41, 5.74) is 10.5. The maximum Gasteiger partial charge on any atom is 0.226 e. The van der Waals surface area contributed by atoms with Crippen molar-refractivity contribution in [2.24, 2.45) is 5.92 Å². The molecule has 5 rings (SSSR count). The van der Waals surface area contributed by atoms with Crippen LogP contribution >= 0.6 is 0 Å². The summed E-state index contributed by atoms with van der Waals surface area (Å²) < 4.78 is 7.12. The van der Waals surface area contributed by atoms with Gasteiger partial charge in [0.15, 0.2) is 17.7 Å². The summed E-state index contributed by atoms with van der Waals surface area (Å²) in [7, 11) is 0. The number of nitrogen functional groups attached to an aromatic ring is 1. The van der Waals surface area contributed by atoms with Crippen molar-refractivity contribution in [2.45, 2.75) is 63.1 Å². The summed E-state index contributed by atoms with van der Waals surface area (Å²) in [5, 5.41) is 33.1. The molecule has 192 valence electrons. The fraction of sp³-hybridized carbons (Fsp3) is 0.500. The summed E-state index contributed by atoms with van der Waals surface area (Å²) in [6.07, 6.45) is 4.30. The Labute approximate surface area is 209 Å². The van der Waals surface area contributed by atoms with Gasteiger partial charge in [0.1, 0.15) is 23.8 Å². The number of anilines is 2. The van der Waals surface area contributed by atoms with Crippen molar-refractivity contribution in [3.8, 4) is 0 Å². The lowest BCUT2D eigenvalue weighted by atomic mass is 9.81. The quantitative estimate of drug-likeness (QED) is 0.317. The van der Waals surface area contributed by atoms with Gasteiger partial charge in [0.05, 0.1) is 12.9 Å². The predicted octanol–water partition coefficient (Wildman–Crippen LogP) is 2.27. The second-order valence-corrected chi connectivity index (χ2v) is 9.72. The van der Waals surface area contributed by atoms with Crippen molar-refractivity contribution in [3.63, 3.8) is 0 Å². The third kappa shape index (κ3) is 4.81. The molecule has 2 fully saturated rings. The minimum Gasteiger partial charge on any atom is -0.394 e. The van der Waals surface area contributed by atoms with Crippen LogP contribution in [0.5, 0.6) is 0 Å². The molecule has 1 saturated carbocycles. The number of rotatable bonds is 8. The minimum absolute atomic E-state index is 0.193. The number of hydrogen-bond donors (Lipinski definition) is 5. The highest BCUT2D eigenvalue weighted by atomic mass is 16.6. The molecule has 36 heavy (non-hydrogen) atoms. The van der Waals surface area contributed by atoms with Crippen LogP contribution in [0.25, 0.3) is 16.7 Å². The van der Waals surface area contributed by atoms with Crippen LogP contribution in [0.3, 0.4) is 0 Å². The van der Waals surface area contributed by atoms with E-state index in [4.69, 9.17) is 10.5 Å². The van der Waals surface area contributed by atoms with Gasteiger partial charge in [-0.2, -0.15) is 9.97 Å². The fourth-order valence-corrected chi connectivity index (χ4v) is 5.20. The van der Waals surface area contributed by atoms with E-state index in [-0.39, 0.29) is 5.82 Å². The molecule has 3 aromatic rings. The van der Waals surface area contributed by atoms with Crippen LogP contribution in [0.1, 0.15) is 49.5 Å². The number of aromatic nitrogens is 4. The molecule has 1 aliphatic heterocycles. The van der Waals surface area contributed by atoms with E-state index in [1.54, 1.807) is 0 Å². The molecular weight excluding hydrogens is 460 g/mol. The van der Waals surface area contributed by atoms with Crippen molar-refractivity contribution >= 4 is 28.5 Å². The molecule has 0 bridgehead atoms. The number of allylic oxidation sites excluding steroid dienone is 1. The number of fused-ring (bicyclic) bond motifs is 1. The van der Waals surface area contributed by atoms with Gasteiger partial charge in [-0.05, 0) is 41.9 Å². The molecular formula is C26H34N6O4. The Morgan fingerprint density at radius 1 is 1.11 bits per heavy atom. The van der Waals surface area contributed by atoms with Crippen LogP contribution < -0.4 is 11.1 Å². The Hall–Kier alpha value is -3.05. The Balaban J connectivity index is 1.24. The van der Waals surface area contributed by atoms with Gasteiger partial charge in [0.2, 0.25) is 5.95 Å². The first-order valence-electron chi connectivity index (χ1n) is 12.6. The van der Waals surface area contributed by atoms with Crippen LogP contribution in [0, 0.1) is 5.92 Å². The Morgan fingerprint density at radius 2 is 1.86 bits per heavy atom. The monoisotopic (exact) mass is 494 g/mol. The molecule has 2 aliphatic rings. The van der Waals surface area contributed by atoms with Gasteiger partial charge in [0.25, 0.3) is 0 Å². The van der Waals surface area contributed by atoms with Crippen LogP contribution in [0.4, 0.5) is 11.8 Å². The van der Waals surface area contributed by atoms with Crippen molar-refractivity contribution < 1.29 is 20.1 Å². The molecule has 6 N–H and O–H groups in total. The van der Waals surface area contributed by atoms with Gasteiger partial charge >= 0.3 is 0 Å². The molecule has 1 saturated heterocycles. The smallest absolute Gasteiger partial charge is 0.226 e. The normalized spacial score (nSPS) is 24.9. The van der Waals surface area contributed by atoms with Gasteiger partial charge < -0.3 is 31.1 Å². The number of imidazole rings is 1. The number of benzene rings is 1. The van der Waals surface area contributed by atoms with Crippen molar-refractivity contribution in [1.82, 2.24) is 19.5 Å². The molecule has 1 aliphatic carbocycles. The predicted molar refractivity (Wildman–Crippen MR) is 137 cm³/mol. The first-order valence-corrected chi connectivity index (χ1v) is 12.6. The van der Waals surface area contributed by atoms with Crippen molar-refractivity contribution in [1.29, 1.82) is 0 Å². The average Bonchev–Trinajstić information content (AvgIpc) is 3.45. The van der Waals surface area contributed by atoms with E-state index in [2.05, 4.69) is 51.1 Å². The van der Waals surface area contributed by atoms with Gasteiger partial charge in [-0.3, -0.25) is 4.57 Å². The highest BCUT2D eigenvalue weighted by Crippen LogP contribution is 2.34. The lowest BCUT2D eigenvalue weighted by molar-refractivity contribution is -0.0511. The number of ether oxygens (including phenoxy) is 1. The summed E-state index contributed by atoms with van der Waals surface area (Å²) >= 11 is 0. The highest BCUT2D eigenvalue weighted by Gasteiger charge is 2.44. The number of nitrogens with zero attached hydrogens (tertiary/aromatic N) is 4. The molecule has 0 spiro atoms. The molecule has 0 unspecified atom stereocenters. The minimum atomic E-state index is -1.25. The van der Waals surface area contributed by atoms with E-state index in [9.17, 15) is 15.3 Å². The number of nitrogens with one attached hydrogen (secondary N) is 1. The number of aliphatic hydroxyl groups is 3. The van der Waals surface area contributed by atoms with Crippen LogP contribution in [-0.2, 0) is 11.2 Å². The average molecular weight is 495 g/mol. The van der Waals surface area contributed by atoms with E-state index >= 15 is 0 Å². The zero-order valence-corrected chi connectivity index (χ0v) is 20.3. The van der Waals surface area contributed by atoms with Gasteiger partial charge in [0, 0.05) is 6.54 Å². The lowest BCUT2D eigenvalue weighted by Crippen LogP contribution is -2.33. The van der Waals surface area contributed by atoms with E-state index in [1.165, 1.54) is 59.7 Å². The molecule has 1 aromatic carbocycles. The van der Waals surface area contributed by atoms with E-state index in [0.29, 0.717) is 29.6 Å². The molecule has 0 radical (unpaired) electrons. The molecule has 2 aromatic heterocycles. The van der Waals surface area contributed by atoms with E-state index < -0.39 is 31.1 Å². The van der Waals surface area contributed by atoms with E-state index in [0.717, 1.165) is 6.42 Å². The molecule has 0 amide bonds. The molecule has 4 atom stereocenters. The first-order chi connectivity index (χ1) is 17.5. The maximum atomic E-state index is 10.4. The second kappa shape index (κ2) is 10.5. The largest absolute Gasteiger partial charge is 0.394 e. The van der Waals surface area contributed by atoms with Crippen LogP contribution in [-0.4, -0.2) is 66.3 Å². The van der Waals surface area contributed by atoms with Crippen molar-refractivity contribution in [2.75, 3.05) is 24.2 Å². The number of aliphatic hydroxyl groups excluding tert-OH is 3. The van der Waals surface area contributed by atoms with Crippen LogP contribution in [0.2, 0.25) is 0 Å². The summed E-state index contributed by atoms with van der Waals surface area (Å²) in [6.45, 7) is 4.54. The molecule has 10 heteroatoms. The molecule has 10 nitrogen and oxygen atoms in total. The third-order valence-corrected chi connectivity index (χ3v) is 7.36. The van der Waals surface area contributed by atoms with Gasteiger partial charge in [-0.15, -0.1) is 0 Å². The topological polar surface area (TPSA) is 152 Å². The first kappa shape index (κ1) is 24.6. The zero-order chi connectivity index (χ0) is 25.2. The summed E-state index contributed by atoms with van der Waals surface area (Å²) in [6, 6.07) is 8.60. The Kier molecular flexibility index (Phi) is 7.20. The van der Waals surface area contributed by atoms with Crippen LogP contribution in [0.15, 0.2) is 37.2 Å². The highest BCUT2D eigenvalue weighted by molar-refractivity contribution is 5.83. The Morgan fingerprint density at radius 3 is 2.56 bits per heavy atom. The maximum absolute atomic E-state index is 10.4. The number of hydrogen-bond acceptors (Lipinski definition) is 9.